The second kappa shape index (κ2) is 12.3. The number of ether oxygens (including phenoxy) is 1. The molecule has 1 aliphatic rings. The molecule has 2 aromatic rings. The van der Waals surface area contributed by atoms with Crippen LogP contribution in [0.3, 0.4) is 0 Å². The smallest absolute Gasteiger partial charge is 0.270 e. The van der Waals surface area contributed by atoms with Crippen LogP contribution in [-0.4, -0.2) is 61.8 Å². The van der Waals surface area contributed by atoms with Crippen LogP contribution in [0.5, 0.6) is 0 Å². The molecule has 2 amide bonds. The molecule has 5 N–H and O–H groups in total. The topological polar surface area (TPSA) is 121 Å². The molecule has 0 atom stereocenters. The third kappa shape index (κ3) is 7.00. The number of hydrogen-bond donors (Lipinski definition) is 4. The third-order valence-corrected chi connectivity index (χ3v) is 6.50. The summed E-state index contributed by atoms with van der Waals surface area (Å²) < 4.78 is 5.16. The summed E-state index contributed by atoms with van der Waals surface area (Å²) >= 11 is 0. The number of nitrogens with zero attached hydrogens (tertiary/aromatic N) is 1. The van der Waals surface area contributed by atoms with Crippen LogP contribution >= 0.6 is 0 Å². The van der Waals surface area contributed by atoms with Gasteiger partial charge in [0.2, 0.25) is 5.91 Å². The second-order valence-corrected chi connectivity index (χ2v) is 8.90. The summed E-state index contributed by atoms with van der Waals surface area (Å²) in [5.74, 6) is -0.716. The quantitative estimate of drug-likeness (QED) is 0.237. The number of hydrogen-bond acceptors (Lipinski definition) is 6. The number of nitrogen functional groups attached to an aromatic ring is 1. The standard InChI is InChI=1S/C27H35N5O3/c1-4-25(33)30-21-7-5-6-18(16-21)19-8-13-24(28)23(17-19)26(29)27(34)31-20-9-11-22(12-10-20)32(2)14-15-35-3/h4-8,13,16-17,20,22,29H,1,9-12,14-15,28H2,2-3H3,(H,30,33)(H,31,34). The van der Waals surface area contributed by atoms with Gasteiger partial charge in [0.1, 0.15) is 5.71 Å². The number of nitrogens with one attached hydrogen (secondary N) is 3. The van der Waals surface area contributed by atoms with Crippen LogP contribution in [-0.2, 0) is 14.3 Å². The summed E-state index contributed by atoms with van der Waals surface area (Å²) in [6.07, 6.45) is 4.95. The van der Waals surface area contributed by atoms with Crippen LogP contribution in [0.2, 0.25) is 0 Å². The predicted molar refractivity (Wildman–Crippen MR) is 141 cm³/mol. The van der Waals surface area contributed by atoms with Crippen LogP contribution in [0.4, 0.5) is 11.4 Å². The first kappa shape index (κ1) is 26.1. The number of amides is 2. The molecule has 0 aromatic heterocycles. The van der Waals surface area contributed by atoms with Crippen molar-refractivity contribution in [3.05, 3.63) is 60.7 Å². The molecule has 3 rings (SSSR count). The molecule has 0 unspecified atom stereocenters. The first-order chi connectivity index (χ1) is 16.8. The summed E-state index contributed by atoms with van der Waals surface area (Å²) in [5.41, 5.74) is 8.99. The van der Waals surface area contributed by atoms with Crippen LogP contribution in [0.25, 0.3) is 11.1 Å². The van der Waals surface area contributed by atoms with Crippen molar-refractivity contribution in [2.75, 3.05) is 38.4 Å². The normalized spacial score (nSPS) is 17.6. The molecule has 0 saturated heterocycles. The van der Waals surface area contributed by atoms with Crippen LogP contribution in [0.15, 0.2) is 55.1 Å². The number of methoxy groups -OCH3 is 1. The highest BCUT2D eigenvalue weighted by atomic mass is 16.5. The maximum atomic E-state index is 12.9. The van der Waals surface area contributed by atoms with Crippen LogP contribution in [0.1, 0.15) is 31.2 Å². The van der Waals surface area contributed by atoms with Gasteiger partial charge >= 0.3 is 0 Å². The van der Waals surface area contributed by atoms with Gasteiger partial charge in [-0.1, -0.05) is 24.8 Å². The van der Waals surface area contributed by atoms with Crippen LogP contribution in [0, 0.1) is 5.41 Å². The average Bonchev–Trinajstić information content (AvgIpc) is 2.87. The molecule has 0 bridgehead atoms. The first-order valence-electron chi connectivity index (χ1n) is 11.8. The summed E-state index contributed by atoms with van der Waals surface area (Å²) in [7, 11) is 3.82. The number of anilines is 2. The Morgan fingerprint density at radius 3 is 2.57 bits per heavy atom. The van der Waals surface area contributed by atoms with Crippen molar-refractivity contribution in [2.24, 2.45) is 0 Å². The van der Waals surface area contributed by atoms with E-state index in [1.54, 1.807) is 25.3 Å². The molecule has 0 spiro atoms. The van der Waals surface area contributed by atoms with E-state index in [1.165, 1.54) is 6.08 Å². The Hall–Kier alpha value is -3.49. The molecule has 1 fully saturated rings. The van der Waals surface area contributed by atoms with Gasteiger partial charge in [0, 0.05) is 42.7 Å². The fraction of sp³-hybridized carbons (Fsp3) is 0.370. The Kier molecular flexibility index (Phi) is 9.17. The van der Waals surface area contributed by atoms with Gasteiger partial charge in [0.05, 0.1) is 6.61 Å². The van der Waals surface area contributed by atoms with Gasteiger partial charge in [-0.25, -0.2) is 0 Å². The predicted octanol–water partition coefficient (Wildman–Crippen LogP) is 3.43. The number of rotatable bonds is 10. The van der Waals surface area contributed by atoms with E-state index >= 15 is 0 Å². The Morgan fingerprint density at radius 2 is 1.89 bits per heavy atom. The number of carbonyl (C=O) groups is 2. The van der Waals surface area contributed by atoms with Crippen LogP contribution < -0.4 is 16.4 Å². The van der Waals surface area contributed by atoms with Gasteiger partial charge in [-0.05, 0) is 74.2 Å². The fourth-order valence-corrected chi connectivity index (χ4v) is 4.38. The zero-order valence-electron chi connectivity index (χ0n) is 20.5. The van der Waals surface area contributed by atoms with E-state index in [0.29, 0.717) is 29.6 Å². The molecular weight excluding hydrogens is 442 g/mol. The highest BCUT2D eigenvalue weighted by Gasteiger charge is 2.26. The minimum atomic E-state index is -0.419. The third-order valence-electron chi connectivity index (χ3n) is 6.50. The van der Waals surface area contributed by atoms with Crippen molar-refractivity contribution in [2.45, 2.75) is 37.8 Å². The minimum absolute atomic E-state index is 0.0458. The maximum Gasteiger partial charge on any atom is 0.270 e. The summed E-state index contributed by atoms with van der Waals surface area (Å²) in [6, 6.07) is 13.1. The molecule has 8 nitrogen and oxygen atoms in total. The van der Waals surface area contributed by atoms with Gasteiger partial charge in [-0.2, -0.15) is 0 Å². The van der Waals surface area contributed by atoms with E-state index in [0.717, 1.165) is 43.4 Å². The summed E-state index contributed by atoms with van der Waals surface area (Å²) in [5, 5.41) is 14.3. The van der Waals surface area contributed by atoms with Crippen molar-refractivity contribution in [1.29, 1.82) is 5.41 Å². The van der Waals surface area contributed by atoms with Crippen molar-refractivity contribution in [1.82, 2.24) is 10.2 Å². The van der Waals surface area contributed by atoms with E-state index in [4.69, 9.17) is 15.9 Å². The maximum absolute atomic E-state index is 12.9. The molecule has 0 heterocycles. The molecule has 0 aliphatic heterocycles. The highest BCUT2D eigenvalue weighted by molar-refractivity contribution is 6.45. The molecule has 8 heteroatoms. The molecule has 35 heavy (non-hydrogen) atoms. The van der Waals surface area contributed by atoms with Gasteiger partial charge in [0.15, 0.2) is 0 Å². The Morgan fingerprint density at radius 1 is 1.17 bits per heavy atom. The molecular formula is C27H35N5O3. The van der Waals surface area contributed by atoms with Crippen molar-refractivity contribution >= 4 is 28.9 Å². The van der Waals surface area contributed by atoms with Gasteiger partial charge < -0.3 is 26.0 Å². The largest absolute Gasteiger partial charge is 0.398 e. The Bertz CT molecular complexity index is 1080. The lowest BCUT2D eigenvalue weighted by Gasteiger charge is -2.34. The van der Waals surface area contributed by atoms with Gasteiger partial charge in [-0.3, -0.25) is 15.0 Å². The van der Waals surface area contributed by atoms with Crippen molar-refractivity contribution < 1.29 is 14.3 Å². The summed E-state index contributed by atoms with van der Waals surface area (Å²) in [6.45, 7) is 5.06. The first-order valence-corrected chi connectivity index (χ1v) is 11.8. The van der Waals surface area contributed by atoms with E-state index in [1.807, 2.05) is 24.3 Å². The molecule has 1 aliphatic carbocycles. The number of benzene rings is 2. The average molecular weight is 478 g/mol. The zero-order valence-corrected chi connectivity index (χ0v) is 20.5. The number of likely N-dealkylation sites (N-methyl/N-ethyl adjacent to an activating group) is 1. The summed E-state index contributed by atoms with van der Waals surface area (Å²) in [4.78, 5) is 26.8. The second-order valence-electron chi connectivity index (χ2n) is 8.90. The lowest BCUT2D eigenvalue weighted by molar-refractivity contribution is -0.115. The molecule has 1 saturated carbocycles. The van der Waals surface area contributed by atoms with E-state index in [2.05, 4.69) is 29.2 Å². The van der Waals surface area contributed by atoms with E-state index < -0.39 is 5.91 Å². The Balaban J connectivity index is 1.65. The lowest BCUT2D eigenvalue weighted by atomic mass is 9.90. The fourth-order valence-electron chi connectivity index (χ4n) is 4.38. The minimum Gasteiger partial charge on any atom is -0.398 e. The lowest BCUT2D eigenvalue weighted by Crippen LogP contribution is -2.45. The number of nitrogens with two attached hydrogens (primary N) is 1. The van der Waals surface area contributed by atoms with Crippen molar-refractivity contribution in [3.8, 4) is 11.1 Å². The van der Waals surface area contributed by atoms with E-state index in [9.17, 15) is 9.59 Å². The zero-order chi connectivity index (χ0) is 25.4. The molecule has 0 radical (unpaired) electrons. The number of carbonyl (C=O) groups excluding carboxylic acids is 2. The SMILES string of the molecule is C=CC(=O)Nc1cccc(-c2ccc(N)c(C(=N)C(=O)NC3CCC(N(C)CCOC)CC3)c2)c1. The van der Waals surface area contributed by atoms with Crippen molar-refractivity contribution in [3.63, 3.8) is 0 Å². The van der Waals surface area contributed by atoms with E-state index in [-0.39, 0.29) is 17.7 Å². The van der Waals surface area contributed by atoms with Gasteiger partial charge in [-0.15, -0.1) is 0 Å². The van der Waals surface area contributed by atoms with Gasteiger partial charge in [0.25, 0.3) is 5.91 Å². The molecule has 2 aromatic carbocycles. The Labute approximate surface area is 207 Å². The molecule has 186 valence electrons. The highest BCUT2D eigenvalue weighted by Crippen LogP contribution is 2.27. The monoisotopic (exact) mass is 477 g/mol.